The molecule has 2 rings (SSSR count). The summed E-state index contributed by atoms with van der Waals surface area (Å²) in [7, 11) is 0. The Kier molecular flexibility index (Phi) is 10.6. The van der Waals surface area contributed by atoms with Gasteiger partial charge in [0.2, 0.25) is 0 Å². The highest BCUT2D eigenvalue weighted by atomic mass is 19.1. The van der Waals surface area contributed by atoms with E-state index in [-0.39, 0.29) is 66.4 Å². The van der Waals surface area contributed by atoms with E-state index in [2.05, 4.69) is 13.2 Å². The van der Waals surface area contributed by atoms with Crippen molar-refractivity contribution in [1.82, 2.24) is 0 Å². The molecule has 0 amide bonds. The number of hydrogen-bond donors (Lipinski definition) is 0. The van der Waals surface area contributed by atoms with Crippen LogP contribution < -0.4 is 14.2 Å². The van der Waals surface area contributed by atoms with E-state index in [1.807, 2.05) is 0 Å². The van der Waals surface area contributed by atoms with Crippen molar-refractivity contribution in [2.75, 3.05) is 26.4 Å². The second kappa shape index (κ2) is 13.4. The van der Waals surface area contributed by atoms with Crippen molar-refractivity contribution in [3.63, 3.8) is 0 Å². The van der Waals surface area contributed by atoms with E-state index in [0.717, 1.165) is 6.07 Å². The summed E-state index contributed by atoms with van der Waals surface area (Å²) in [5.74, 6) is -1.57. The Morgan fingerprint density at radius 2 is 1.32 bits per heavy atom. The Bertz CT molecular complexity index is 1190. The summed E-state index contributed by atoms with van der Waals surface area (Å²) in [6, 6.07) is 8.84. The maximum atomic E-state index is 15.1. The molecule has 0 unspecified atom stereocenters. The van der Waals surface area contributed by atoms with Crippen LogP contribution in [0.3, 0.4) is 0 Å². The highest BCUT2D eigenvalue weighted by molar-refractivity contribution is 5.89. The molecule has 0 spiro atoms. The smallest absolute Gasteiger partial charge is 0.338 e. The van der Waals surface area contributed by atoms with Gasteiger partial charge in [0.1, 0.15) is 38.0 Å². The molecular formula is C29H33FO8. The van der Waals surface area contributed by atoms with E-state index in [4.69, 9.17) is 23.7 Å². The molecule has 0 aliphatic rings. The Morgan fingerprint density at radius 1 is 0.789 bits per heavy atom. The molecule has 0 fully saturated rings. The molecule has 0 atom stereocenters. The van der Waals surface area contributed by atoms with Crippen LogP contribution in [0.2, 0.25) is 0 Å². The van der Waals surface area contributed by atoms with Gasteiger partial charge >= 0.3 is 17.9 Å². The fourth-order valence-electron chi connectivity index (χ4n) is 2.79. The number of esters is 3. The minimum absolute atomic E-state index is 0.0102. The largest absolute Gasteiger partial charge is 0.486 e. The van der Waals surface area contributed by atoms with Crippen molar-refractivity contribution in [3.05, 3.63) is 66.5 Å². The Morgan fingerprint density at radius 3 is 1.84 bits per heavy atom. The highest BCUT2D eigenvalue weighted by Crippen LogP contribution is 2.36. The molecule has 0 aromatic heterocycles. The lowest BCUT2D eigenvalue weighted by Gasteiger charge is -2.18. The van der Waals surface area contributed by atoms with E-state index in [1.54, 1.807) is 32.9 Å². The van der Waals surface area contributed by atoms with Crippen LogP contribution in [-0.2, 0) is 23.9 Å². The summed E-state index contributed by atoms with van der Waals surface area (Å²) >= 11 is 0. The molecule has 2 aromatic carbocycles. The third-order valence-electron chi connectivity index (χ3n) is 4.87. The molecule has 0 aliphatic carbocycles. The van der Waals surface area contributed by atoms with Gasteiger partial charge in [0, 0.05) is 22.8 Å². The molecule has 0 saturated carbocycles. The number of benzene rings is 2. The zero-order valence-corrected chi connectivity index (χ0v) is 22.4. The Labute approximate surface area is 222 Å². The van der Waals surface area contributed by atoms with Crippen molar-refractivity contribution in [1.29, 1.82) is 0 Å². The quantitative estimate of drug-likeness (QED) is 0.156. The molecule has 0 N–H and O–H groups in total. The maximum Gasteiger partial charge on any atom is 0.338 e. The van der Waals surface area contributed by atoms with Gasteiger partial charge in [-0.15, -0.1) is 0 Å². The van der Waals surface area contributed by atoms with Crippen LogP contribution in [0.15, 0.2) is 60.7 Å². The molecule has 8 nitrogen and oxygen atoms in total. The van der Waals surface area contributed by atoms with Crippen molar-refractivity contribution in [3.8, 4) is 28.4 Å². The Balaban J connectivity index is 2.22. The second-order valence-electron chi connectivity index (χ2n) is 9.47. The van der Waals surface area contributed by atoms with Gasteiger partial charge < -0.3 is 23.7 Å². The normalized spacial score (nSPS) is 10.8. The van der Waals surface area contributed by atoms with E-state index in [9.17, 15) is 14.4 Å². The number of rotatable bonds is 12. The summed E-state index contributed by atoms with van der Waals surface area (Å²) in [6.45, 7) is 15.1. The lowest BCUT2D eigenvalue weighted by molar-refractivity contribution is -0.153. The fourth-order valence-corrected chi connectivity index (χ4v) is 2.79. The van der Waals surface area contributed by atoms with Crippen LogP contribution in [0.5, 0.6) is 17.2 Å². The van der Waals surface area contributed by atoms with Crippen molar-refractivity contribution >= 4 is 17.9 Å². The minimum Gasteiger partial charge on any atom is -0.486 e. The van der Waals surface area contributed by atoms with Gasteiger partial charge in [0.05, 0.1) is 5.41 Å². The van der Waals surface area contributed by atoms with E-state index < -0.39 is 23.2 Å². The summed E-state index contributed by atoms with van der Waals surface area (Å²) in [6.07, 6.45) is 0. The lowest BCUT2D eigenvalue weighted by Crippen LogP contribution is -2.25. The highest BCUT2D eigenvalue weighted by Gasteiger charge is 2.23. The Hall–Kier alpha value is -4.14. The first-order valence-electron chi connectivity index (χ1n) is 11.9. The van der Waals surface area contributed by atoms with Crippen molar-refractivity contribution < 1.29 is 42.5 Å². The van der Waals surface area contributed by atoms with Crippen LogP contribution in [0, 0.1) is 11.2 Å². The number of carbonyl (C=O) groups is 3. The van der Waals surface area contributed by atoms with Crippen LogP contribution in [-0.4, -0.2) is 44.3 Å². The van der Waals surface area contributed by atoms with Crippen LogP contribution in [0.4, 0.5) is 4.39 Å². The number of halogens is 1. The van der Waals surface area contributed by atoms with Crippen molar-refractivity contribution in [2.45, 2.75) is 34.6 Å². The van der Waals surface area contributed by atoms with Gasteiger partial charge in [0.25, 0.3) is 0 Å². The first-order chi connectivity index (χ1) is 17.8. The lowest BCUT2D eigenvalue weighted by atomic mass is 9.97. The van der Waals surface area contributed by atoms with E-state index in [0.29, 0.717) is 5.56 Å². The molecule has 38 heavy (non-hydrogen) atoms. The fraction of sp³-hybridized carbons (Fsp3) is 0.345. The van der Waals surface area contributed by atoms with E-state index in [1.165, 1.54) is 32.0 Å². The first-order valence-corrected chi connectivity index (χ1v) is 11.9. The third kappa shape index (κ3) is 9.06. The molecule has 0 bridgehead atoms. The minimum atomic E-state index is -0.663. The summed E-state index contributed by atoms with van der Waals surface area (Å²) in [5, 5.41) is 0. The van der Waals surface area contributed by atoms with Gasteiger partial charge in [-0.1, -0.05) is 25.3 Å². The molecule has 0 heterocycles. The first kappa shape index (κ1) is 30.1. The maximum absolute atomic E-state index is 15.1. The molecule has 0 radical (unpaired) electrons. The summed E-state index contributed by atoms with van der Waals surface area (Å²) in [4.78, 5) is 35.3. The number of ether oxygens (including phenoxy) is 5. The predicted molar refractivity (Wildman–Crippen MR) is 139 cm³/mol. The van der Waals surface area contributed by atoms with Gasteiger partial charge in [-0.2, -0.15) is 0 Å². The monoisotopic (exact) mass is 528 g/mol. The van der Waals surface area contributed by atoms with Gasteiger partial charge in [0.15, 0.2) is 11.5 Å². The topological polar surface area (TPSA) is 97.4 Å². The zero-order valence-electron chi connectivity index (χ0n) is 22.4. The average Bonchev–Trinajstić information content (AvgIpc) is 2.84. The van der Waals surface area contributed by atoms with Crippen LogP contribution in [0.25, 0.3) is 11.1 Å². The zero-order chi connectivity index (χ0) is 28.5. The molecular weight excluding hydrogens is 495 g/mol. The molecule has 2 aromatic rings. The van der Waals surface area contributed by atoms with Crippen LogP contribution in [0.1, 0.15) is 34.6 Å². The average molecular weight is 529 g/mol. The number of hydrogen-bond acceptors (Lipinski definition) is 8. The molecule has 204 valence electrons. The SMILES string of the molecule is C=C(C)C(=O)OCCOc1cc(F)c(-c2ccc(OC(=O)C(=C)C)cc2)cc1OCCOC(=O)C(C)(C)C. The molecule has 0 saturated heterocycles. The third-order valence-corrected chi connectivity index (χ3v) is 4.87. The van der Waals surface area contributed by atoms with E-state index >= 15 is 4.39 Å². The standard InChI is InChI=1S/C29H33FO8/c1-18(2)26(31)36-14-12-35-25-17-23(30)22(16-24(25)34-13-15-37-28(33)29(5,6)7)20-8-10-21(11-9-20)38-27(32)19(3)4/h8-11,16-17H,1,3,12-15H2,2,4-7H3. The second-order valence-corrected chi connectivity index (χ2v) is 9.47. The van der Waals surface area contributed by atoms with Gasteiger partial charge in [-0.25, -0.2) is 14.0 Å². The molecule has 9 heteroatoms. The predicted octanol–water partition coefficient (Wildman–Crippen LogP) is 5.44. The summed E-state index contributed by atoms with van der Waals surface area (Å²) in [5.41, 5.74) is 0.521. The number of carbonyl (C=O) groups excluding carboxylic acids is 3. The molecule has 0 aliphatic heterocycles. The van der Waals surface area contributed by atoms with Crippen molar-refractivity contribution in [2.24, 2.45) is 5.41 Å². The van der Waals surface area contributed by atoms with Gasteiger partial charge in [-0.05, 0) is 58.4 Å². The van der Waals surface area contributed by atoms with Gasteiger partial charge in [-0.3, -0.25) is 4.79 Å². The summed E-state index contributed by atoms with van der Waals surface area (Å²) < 4.78 is 41.9. The van der Waals surface area contributed by atoms with Crippen LogP contribution >= 0.6 is 0 Å².